The molecule has 4 heteroatoms. The maximum atomic E-state index is 12.8. The Labute approximate surface area is 148 Å². The number of anilines is 1. The molecule has 1 amide bonds. The summed E-state index contributed by atoms with van der Waals surface area (Å²) in [5, 5.41) is 15.9. The first kappa shape index (κ1) is 16.8. The molecule has 0 atom stereocenters. The number of nitrogens with one attached hydrogen (secondary N) is 2. The van der Waals surface area contributed by atoms with Gasteiger partial charge in [-0.3, -0.25) is 4.79 Å². The van der Waals surface area contributed by atoms with Gasteiger partial charge < -0.3 is 10.6 Å². The maximum Gasteiger partial charge on any atom is 0.268 e. The molecule has 0 aromatic heterocycles. The summed E-state index contributed by atoms with van der Waals surface area (Å²) in [4.78, 5) is 12.8. The van der Waals surface area contributed by atoms with Gasteiger partial charge in [-0.05, 0) is 44.4 Å². The van der Waals surface area contributed by atoms with Crippen LogP contribution in [0.25, 0.3) is 5.70 Å². The second-order valence-corrected chi connectivity index (χ2v) is 6.97. The van der Waals surface area contributed by atoms with Gasteiger partial charge in [-0.25, -0.2) is 0 Å². The number of benzene rings is 2. The van der Waals surface area contributed by atoms with Gasteiger partial charge in [0.15, 0.2) is 0 Å². The van der Waals surface area contributed by atoms with E-state index in [0.29, 0.717) is 11.4 Å². The van der Waals surface area contributed by atoms with Crippen LogP contribution in [0.4, 0.5) is 5.69 Å². The Morgan fingerprint density at radius 1 is 1.16 bits per heavy atom. The lowest BCUT2D eigenvalue weighted by Crippen LogP contribution is -2.44. The van der Waals surface area contributed by atoms with E-state index in [9.17, 15) is 10.1 Å². The topological polar surface area (TPSA) is 64.9 Å². The summed E-state index contributed by atoms with van der Waals surface area (Å²) >= 11 is 0. The molecule has 2 aromatic carbocycles. The summed E-state index contributed by atoms with van der Waals surface area (Å²) in [7, 11) is 0. The Hall–Kier alpha value is -3.06. The SMILES string of the molecule is Cc1ccccc1NC(=O)/C(C#N)=C1/NC(C)(C)Cc2ccccc21. The molecule has 126 valence electrons. The Bertz CT molecular complexity index is 903. The summed E-state index contributed by atoms with van der Waals surface area (Å²) in [5.41, 5.74) is 4.19. The molecule has 0 radical (unpaired) electrons. The van der Waals surface area contributed by atoms with Crippen LogP contribution in [0.2, 0.25) is 0 Å². The van der Waals surface area contributed by atoms with Crippen LogP contribution < -0.4 is 10.6 Å². The molecule has 0 saturated heterocycles. The van der Waals surface area contributed by atoms with Crippen LogP contribution in [0.1, 0.15) is 30.5 Å². The predicted molar refractivity (Wildman–Crippen MR) is 99.7 cm³/mol. The highest BCUT2D eigenvalue weighted by atomic mass is 16.1. The normalized spacial score (nSPS) is 16.9. The molecule has 0 bridgehead atoms. The van der Waals surface area contributed by atoms with Crippen LogP contribution in [0.3, 0.4) is 0 Å². The lowest BCUT2D eigenvalue weighted by Gasteiger charge is -2.36. The van der Waals surface area contributed by atoms with Crippen molar-refractivity contribution in [2.24, 2.45) is 0 Å². The van der Waals surface area contributed by atoms with E-state index in [-0.39, 0.29) is 11.1 Å². The van der Waals surface area contributed by atoms with Crippen molar-refractivity contribution < 1.29 is 4.79 Å². The van der Waals surface area contributed by atoms with Gasteiger partial charge in [0.25, 0.3) is 5.91 Å². The zero-order chi connectivity index (χ0) is 18.0. The van der Waals surface area contributed by atoms with Gasteiger partial charge in [-0.15, -0.1) is 0 Å². The molecule has 4 nitrogen and oxygen atoms in total. The highest BCUT2D eigenvalue weighted by Gasteiger charge is 2.31. The average molecular weight is 331 g/mol. The van der Waals surface area contributed by atoms with Crippen molar-refractivity contribution in [2.75, 3.05) is 5.32 Å². The average Bonchev–Trinajstić information content (AvgIpc) is 2.56. The number of rotatable bonds is 2. The Morgan fingerprint density at radius 2 is 1.84 bits per heavy atom. The molecule has 1 heterocycles. The Kier molecular flexibility index (Phi) is 4.33. The van der Waals surface area contributed by atoms with Crippen LogP contribution in [0, 0.1) is 18.3 Å². The van der Waals surface area contributed by atoms with Crippen molar-refractivity contribution in [2.45, 2.75) is 32.7 Å². The smallest absolute Gasteiger partial charge is 0.268 e. The molecule has 1 aliphatic rings. The molecule has 0 spiro atoms. The van der Waals surface area contributed by atoms with Gasteiger partial charge in [0.05, 0.1) is 5.70 Å². The third kappa shape index (κ3) is 3.41. The molecule has 0 aliphatic carbocycles. The van der Waals surface area contributed by atoms with Crippen LogP contribution in [-0.2, 0) is 11.2 Å². The van der Waals surface area contributed by atoms with Crippen LogP contribution in [0.5, 0.6) is 0 Å². The van der Waals surface area contributed by atoms with Crippen molar-refractivity contribution in [1.82, 2.24) is 5.32 Å². The minimum Gasteiger partial charge on any atom is -0.378 e. The molecule has 2 aromatic rings. The second-order valence-electron chi connectivity index (χ2n) is 6.97. The van der Waals surface area contributed by atoms with Crippen LogP contribution in [0.15, 0.2) is 54.1 Å². The number of nitriles is 1. The zero-order valence-corrected chi connectivity index (χ0v) is 14.7. The fraction of sp³-hybridized carbons (Fsp3) is 0.238. The van der Waals surface area contributed by atoms with E-state index in [1.807, 2.05) is 55.5 Å². The lowest BCUT2D eigenvalue weighted by atomic mass is 9.84. The zero-order valence-electron chi connectivity index (χ0n) is 14.7. The van der Waals surface area contributed by atoms with Crippen molar-refractivity contribution >= 4 is 17.3 Å². The number of amides is 1. The number of hydrogen-bond acceptors (Lipinski definition) is 3. The second kappa shape index (κ2) is 6.45. The molecule has 25 heavy (non-hydrogen) atoms. The minimum atomic E-state index is -0.396. The Morgan fingerprint density at radius 3 is 2.56 bits per heavy atom. The van der Waals surface area contributed by atoms with E-state index >= 15 is 0 Å². The summed E-state index contributed by atoms with van der Waals surface area (Å²) < 4.78 is 0. The van der Waals surface area contributed by atoms with E-state index in [2.05, 4.69) is 30.6 Å². The summed E-state index contributed by atoms with van der Waals surface area (Å²) in [6.45, 7) is 6.06. The van der Waals surface area contributed by atoms with Gasteiger partial charge in [-0.1, -0.05) is 42.5 Å². The van der Waals surface area contributed by atoms with Crippen molar-refractivity contribution in [1.29, 1.82) is 5.26 Å². The van der Waals surface area contributed by atoms with Crippen molar-refractivity contribution in [3.8, 4) is 6.07 Å². The predicted octanol–water partition coefficient (Wildman–Crippen LogP) is 3.79. The summed E-state index contributed by atoms with van der Waals surface area (Å²) in [5.74, 6) is -0.396. The molecule has 0 unspecified atom stereocenters. The number of fused-ring (bicyclic) bond motifs is 1. The third-order valence-corrected chi connectivity index (χ3v) is 4.36. The van der Waals surface area contributed by atoms with Gasteiger partial charge in [0.1, 0.15) is 11.6 Å². The van der Waals surface area contributed by atoms with Gasteiger partial charge in [0.2, 0.25) is 0 Å². The van der Waals surface area contributed by atoms with Gasteiger partial charge in [0, 0.05) is 16.8 Å². The highest BCUT2D eigenvalue weighted by Crippen LogP contribution is 2.31. The monoisotopic (exact) mass is 331 g/mol. The first-order valence-electron chi connectivity index (χ1n) is 8.29. The minimum absolute atomic E-state index is 0.100. The first-order valence-corrected chi connectivity index (χ1v) is 8.29. The van der Waals surface area contributed by atoms with E-state index < -0.39 is 5.91 Å². The van der Waals surface area contributed by atoms with Crippen LogP contribution >= 0.6 is 0 Å². The molecule has 0 fully saturated rings. The van der Waals surface area contributed by atoms with E-state index in [1.54, 1.807) is 0 Å². The fourth-order valence-electron chi connectivity index (χ4n) is 3.16. The largest absolute Gasteiger partial charge is 0.378 e. The van der Waals surface area contributed by atoms with Crippen LogP contribution in [-0.4, -0.2) is 11.4 Å². The molecule has 1 aliphatic heterocycles. The molecular formula is C21H21N3O. The summed E-state index contributed by atoms with van der Waals surface area (Å²) in [6.07, 6.45) is 0.838. The van der Waals surface area contributed by atoms with Crippen molar-refractivity contribution in [3.05, 3.63) is 70.8 Å². The van der Waals surface area contributed by atoms with E-state index in [1.165, 1.54) is 0 Å². The first-order chi connectivity index (χ1) is 11.9. The van der Waals surface area contributed by atoms with Gasteiger partial charge in [-0.2, -0.15) is 5.26 Å². The van der Waals surface area contributed by atoms with Gasteiger partial charge >= 0.3 is 0 Å². The molecule has 0 saturated carbocycles. The standard InChI is InChI=1S/C21H21N3O/c1-14-8-4-7-11-18(14)23-20(25)17(13-22)19-16-10-6-5-9-15(16)12-21(2,3)24-19/h4-11,24H,12H2,1-3H3,(H,23,25)/b19-17+. The lowest BCUT2D eigenvalue weighted by molar-refractivity contribution is -0.112. The number of carbonyl (C=O) groups excluding carboxylic acids is 1. The maximum absolute atomic E-state index is 12.8. The number of nitrogens with zero attached hydrogens (tertiary/aromatic N) is 1. The molecular weight excluding hydrogens is 310 g/mol. The fourth-order valence-corrected chi connectivity index (χ4v) is 3.16. The number of para-hydroxylation sites is 1. The molecule has 3 rings (SSSR count). The molecule has 2 N–H and O–H groups in total. The quantitative estimate of drug-likeness (QED) is 0.650. The van der Waals surface area contributed by atoms with Crippen molar-refractivity contribution in [3.63, 3.8) is 0 Å². The highest BCUT2D eigenvalue weighted by molar-refractivity contribution is 6.12. The number of hydrogen-bond donors (Lipinski definition) is 2. The summed E-state index contributed by atoms with van der Waals surface area (Å²) in [6, 6.07) is 17.5. The Balaban J connectivity index is 2.05. The number of aryl methyl sites for hydroxylation is 1. The van der Waals surface area contributed by atoms with E-state index in [4.69, 9.17) is 0 Å². The third-order valence-electron chi connectivity index (χ3n) is 4.36. The van der Waals surface area contributed by atoms with E-state index in [0.717, 1.165) is 23.1 Å². The number of carbonyl (C=O) groups is 1.